The van der Waals surface area contributed by atoms with E-state index in [1.54, 1.807) is 30.3 Å². The molecule has 0 aromatic heterocycles. The van der Waals surface area contributed by atoms with Gasteiger partial charge in [-0.05, 0) is 35.4 Å². The third-order valence-electron chi connectivity index (χ3n) is 3.89. The van der Waals surface area contributed by atoms with Crippen molar-refractivity contribution in [2.75, 3.05) is 6.79 Å². The van der Waals surface area contributed by atoms with Crippen molar-refractivity contribution in [3.05, 3.63) is 78.4 Å². The van der Waals surface area contributed by atoms with Crippen molar-refractivity contribution in [3.8, 4) is 28.4 Å². The Kier molecular flexibility index (Phi) is 4.70. The van der Waals surface area contributed by atoms with Gasteiger partial charge in [0.1, 0.15) is 5.75 Å². The lowest BCUT2D eigenvalue weighted by Gasteiger charge is -2.08. The molecule has 6 nitrogen and oxygen atoms in total. The van der Waals surface area contributed by atoms with Gasteiger partial charge in [0.05, 0.1) is 6.21 Å². The molecule has 3 aromatic carbocycles. The average molecular weight is 361 g/mol. The summed E-state index contributed by atoms with van der Waals surface area (Å²) in [7, 11) is 0. The van der Waals surface area contributed by atoms with E-state index in [0.29, 0.717) is 17.2 Å². The van der Waals surface area contributed by atoms with Crippen LogP contribution in [0.4, 0.5) is 4.79 Å². The summed E-state index contributed by atoms with van der Waals surface area (Å²) in [6.07, 6.45) is 0.524. The molecule has 1 heterocycles. The predicted octanol–water partition coefficient (Wildman–Crippen LogP) is 4.63. The fourth-order valence-electron chi connectivity index (χ4n) is 2.66. The van der Waals surface area contributed by atoms with Gasteiger partial charge in [0.25, 0.3) is 0 Å². The highest BCUT2D eigenvalue weighted by molar-refractivity contribution is 5.92. The van der Waals surface area contributed by atoms with Crippen LogP contribution in [0.2, 0.25) is 0 Å². The molecule has 0 fully saturated rings. The molecule has 0 bridgehead atoms. The van der Waals surface area contributed by atoms with Crippen LogP contribution in [0, 0.1) is 0 Å². The Labute approximate surface area is 155 Å². The zero-order valence-corrected chi connectivity index (χ0v) is 14.2. The molecule has 0 saturated heterocycles. The quantitative estimate of drug-likeness (QED) is 0.223. The van der Waals surface area contributed by atoms with E-state index in [-0.39, 0.29) is 6.79 Å². The number of carbonyl (C=O) groups excluding carboxylic acids is 1. The minimum atomic E-state index is -0.917. The molecule has 27 heavy (non-hydrogen) atoms. The topological polar surface area (TPSA) is 66.4 Å². The van der Waals surface area contributed by atoms with E-state index >= 15 is 0 Å². The standard InChI is InChI=1S/C21H15NO5/c23-21(26-17-9-5-2-6-10-17)27-22-13-16-11-19-20(25-14-24-19)12-18(16)15-7-3-1-4-8-15/h1-13H,14H2/b22-13+. The summed E-state index contributed by atoms with van der Waals surface area (Å²) in [6, 6.07) is 22.1. The molecule has 1 aliphatic heterocycles. The third kappa shape index (κ3) is 3.90. The molecule has 0 unspecified atom stereocenters. The maximum absolute atomic E-state index is 11.7. The first-order chi connectivity index (χ1) is 13.3. The van der Waals surface area contributed by atoms with Crippen molar-refractivity contribution < 1.29 is 23.8 Å². The molecular weight excluding hydrogens is 346 g/mol. The summed E-state index contributed by atoms with van der Waals surface area (Å²) < 4.78 is 15.9. The fraction of sp³-hybridized carbons (Fsp3) is 0.0476. The highest BCUT2D eigenvalue weighted by Gasteiger charge is 2.17. The normalized spacial score (nSPS) is 12.1. The molecule has 3 aromatic rings. The average Bonchev–Trinajstić information content (AvgIpc) is 3.16. The molecule has 0 saturated carbocycles. The van der Waals surface area contributed by atoms with E-state index in [2.05, 4.69) is 5.16 Å². The zero-order chi connectivity index (χ0) is 18.5. The molecule has 4 rings (SSSR count). The fourth-order valence-corrected chi connectivity index (χ4v) is 2.66. The number of rotatable bonds is 4. The van der Waals surface area contributed by atoms with Crippen LogP contribution in [0.15, 0.2) is 78.0 Å². The monoisotopic (exact) mass is 361 g/mol. The molecule has 0 spiro atoms. The summed E-state index contributed by atoms with van der Waals surface area (Å²) in [5, 5.41) is 3.75. The van der Waals surface area contributed by atoms with Crippen LogP contribution < -0.4 is 14.2 Å². The number of hydrogen-bond donors (Lipinski definition) is 0. The van der Waals surface area contributed by atoms with Gasteiger partial charge in [0, 0.05) is 5.56 Å². The minimum Gasteiger partial charge on any atom is -0.454 e. The summed E-state index contributed by atoms with van der Waals surface area (Å²) in [6.45, 7) is 0.171. The maximum atomic E-state index is 11.7. The van der Waals surface area contributed by atoms with Gasteiger partial charge in [-0.2, -0.15) is 0 Å². The number of nitrogens with zero attached hydrogens (tertiary/aromatic N) is 1. The number of oxime groups is 1. The largest absolute Gasteiger partial charge is 0.540 e. The van der Waals surface area contributed by atoms with Gasteiger partial charge < -0.3 is 14.2 Å². The molecule has 134 valence electrons. The number of benzene rings is 3. The van der Waals surface area contributed by atoms with Crippen molar-refractivity contribution >= 4 is 12.4 Å². The summed E-state index contributed by atoms with van der Waals surface area (Å²) in [5.74, 6) is 1.66. The lowest BCUT2D eigenvalue weighted by Crippen LogP contribution is -2.07. The van der Waals surface area contributed by atoms with Gasteiger partial charge in [0.15, 0.2) is 11.5 Å². The van der Waals surface area contributed by atoms with Gasteiger partial charge in [-0.3, -0.25) is 4.84 Å². The second kappa shape index (κ2) is 7.61. The van der Waals surface area contributed by atoms with Gasteiger partial charge in [-0.15, -0.1) is 0 Å². The number of ether oxygens (including phenoxy) is 3. The SMILES string of the molecule is O=C(O/N=C/c1cc2c(cc1-c1ccccc1)OCO2)Oc1ccccc1. The van der Waals surface area contributed by atoms with E-state index < -0.39 is 6.16 Å². The van der Waals surface area contributed by atoms with Crippen LogP contribution in [0.5, 0.6) is 17.2 Å². The molecule has 0 aliphatic carbocycles. The predicted molar refractivity (Wildman–Crippen MR) is 99.1 cm³/mol. The van der Waals surface area contributed by atoms with E-state index in [0.717, 1.165) is 16.7 Å². The number of fused-ring (bicyclic) bond motifs is 1. The third-order valence-corrected chi connectivity index (χ3v) is 3.89. The molecular formula is C21H15NO5. The minimum absolute atomic E-state index is 0.171. The van der Waals surface area contributed by atoms with Crippen LogP contribution in [0.25, 0.3) is 11.1 Å². The lowest BCUT2D eigenvalue weighted by atomic mass is 9.99. The van der Waals surface area contributed by atoms with Gasteiger partial charge in [0.2, 0.25) is 6.79 Å². The number of hydrogen-bond acceptors (Lipinski definition) is 6. The Bertz CT molecular complexity index is 971. The van der Waals surface area contributed by atoms with Crippen molar-refractivity contribution in [2.24, 2.45) is 5.16 Å². The summed E-state index contributed by atoms with van der Waals surface area (Å²) in [4.78, 5) is 16.5. The second-order valence-corrected chi connectivity index (χ2v) is 5.65. The van der Waals surface area contributed by atoms with Gasteiger partial charge >= 0.3 is 6.16 Å². The van der Waals surface area contributed by atoms with Crippen molar-refractivity contribution in [3.63, 3.8) is 0 Å². The molecule has 0 radical (unpaired) electrons. The first-order valence-corrected chi connectivity index (χ1v) is 8.26. The Morgan fingerprint density at radius 2 is 1.59 bits per heavy atom. The summed E-state index contributed by atoms with van der Waals surface area (Å²) in [5.41, 5.74) is 2.57. The Morgan fingerprint density at radius 3 is 2.33 bits per heavy atom. The van der Waals surface area contributed by atoms with Crippen LogP contribution in [-0.2, 0) is 4.84 Å². The van der Waals surface area contributed by atoms with Crippen LogP contribution in [0.3, 0.4) is 0 Å². The Morgan fingerprint density at radius 1 is 0.926 bits per heavy atom. The maximum Gasteiger partial charge on any atom is 0.540 e. The highest BCUT2D eigenvalue weighted by atomic mass is 16.8. The smallest absolute Gasteiger partial charge is 0.454 e. The molecule has 6 heteroatoms. The molecule has 0 N–H and O–H groups in total. The second-order valence-electron chi connectivity index (χ2n) is 5.65. The van der Waals surface area contributed by atoms with Crippen LogP contribution in [0.1, 0.15) is 5.56 Å². The first-order valence-electron chi connectivity index (χ1n) is 8.26. The van der Waals surface area contributed by atoms with E-state index in [4.69, 9.17) is 19.0 Å². The van der Waals surface area contributed by atoms with Crippen molar-refractivity contribution in [2.45, 2.75) is 0 Å². The van der Waals surface area contributed by atoms with E-state index in [1.807, 2.05) is 42.5 Å². The highest BCUT2D eigenvalue weighted by Crippen LogP contribution is 2.38. The zero-order valence-electron chi connectivity index (χ0n) is 14.2. The van der Waals surface area contributed by atoms with Gasteiger partial charge in [-0.25, -0.2) is 4.79 Å². The summed E-state index contributed by atoms with van der Waals surface area (Å²) >= 11 is 0. The van der Waals surface area contributed by atoms with E-state index in [1.165, 1.54) is 6.21 Å². The van der Waals surface area contributed by atoms with Crippen LogP contribution in [-0.4, -0.2) is 19.2 Å². The van der Waals surface area contributed by atoms with Gasteiger partial charge in [-0.1, -0.05) is 53.7 Å². The van der Waals surface area contributed by atoms with Crippen molar-refractivity contribution in [1.29, 1.82) is 0 Å². The van der Waals surface area contributed by atoms with E-state index in [9.17, 15) is 4.79 Å². The van der Waals surface area contributed by atoms with Crippen LogP contribution >= 0.6 is 0 Å². The molecule has 0 amide bonds. The number of para-hydroxylation sites is 1. The Hall–Kier alpha value is -3.80. The Balaban J connectivity index is 1.54. The number of carbonyl (C=O) groups is 1. The molecule has 0 atom stereocenters. The first kappa shape index (κ1) is 16.7. The molecule has 1 aliphatic rings. The van der Waals surface area contributed by atoms with Crippen molar-refractivity contribution in [1.82, 2.24) is 0 Å². The lowest BCUT2D eigenvalue weighted by molar-refractivity contribution is 0.103.